The van der Waals surface area contributed by atoms with Crippen LogP contribution in [-0.4, -0.2) is 5.78 Å². The molecule has 0 atom stereocenters. The molecule has 2 aromatic rings. The van der Waals surface area contributed by atoms with Gasteiger partial charge in [-0.25, -0.2) is 0 Å². The van der Waals surface area contributed by atoms with Crippen molar-refractivity contribution in [3.8, 4) is 0 Å². The lowest BCUT2D eigenvalue weighted by Crippen LogP contribution is -2.02. The highest BCUT2D eigenvalue weighted by molar-refractivity contribution is 7.08. The highest BCUT2D eigenvalue weighted by Crippen LogP contribution is 2.23. The first-order valence-corrected chi connectivity index (χ1v) is 6.36. The zero-order valence-electron chi connectivity index (χ0n) is 8.24. The van der Waals surface area contributed by atoms with Crippen LogP contribution in [0.15, 0.2) is 35.0 Å². The lowest BCUT2D eigenvalue weighted by atomic mass is 10.1. The SMILES string of the molecule is O=C(Cc1ccsc1)c1ccc(Cl)c(Cl)c1. The Labute approximate surface area is 108 Å². The average Bonchev–Trinajstić information content (AvgIpc) is 2.74. The molecule has 1 aromatic heterocycles. The Morgan fingerprint density at radius 2 is 2.00 bits per heavy atom. The van der Waals surface area contributed by atoms with Crippen molar-refractivity contribution in [1.29, 1.82) is 0 Å². The van der Waals surface area contributed by atoms with Gasteiger partial charge in [0.2, 0.25) is 0 Å². The summed E-state index contributed by atoms with van der Waals surface area (Å²) in [5.74, 6) is 0.0527. The first-order chi connectivity index (χ1) is 7.66. The minimum absolute atomic E-state index is 0.0527. The summed E-state index contributed by atoms with van der Waals surface area (Å²) in [4.78, 5) is 11.9. The van der Waals surface area contributed by atoms with E-state index >= 15 is 0 Å². The van der Waals surface area contributed by atoms with Crippen LogP contribution in [0, 0.1) is 0 Å². The normalized spacial score (nSPS) is 10.4. The molecule has 0 aliphatic heterocycles. The maximum absolute atomic E-state index is 11.9. The molecule has 0 amide bonds. The highest BCUT2D eigenvalue weighted by Gasteiger charge is 2.09. The first kappa shape index (κ1) is 11.6. The zero-order chi connectivity index (χ0) is 11.5. The van der Waals surface area contributed by atoms with Crippen LogP contribution in [0.3, 0.4) is 0 Å². The molecule has 16 heavy (non-hydrogen) atoms. The van der Waals surface area contributed by atoms with Crippen LogP contribution in [0.25, 0.3) is 0 Å². The first-order valence-electron chi connectivity index (χ1n) is 4.66. The number of Topliss-reactive ketones (excluding diaryl/α,β-unsaturated/α-hetero) is 1. The molecule has 2 rings (SSSR count). The van der Waals surface area contributed by atoms with Gasteiger partial charge in [-0.3, -0.25) is 4.79 Å². The Morgan fingerprint density at radius 1 is 1.19 bits per heavy atom. The zero-order valence-corrected chi connectivity index (χ0v) is 10.6. The van der Waals surface area contributed by atoms with E-state index in [1.807, 2.05) is 16.8 Å². The molecule has 0 aliphatic rings. The smallest absolute Gasteiger partial charge is 0.167 e. The van der Waals surface area contributed by atoms with Crippen LogP contribution >= 0.6 is 34.5 Å². The Bertz CT molecular complexity index is 506. The van der Waals surface area contributed by atoms with E-state index in [1.165, 1.54) is 0 Å². The number of carbonyl (C=O) groups is 1. The number of halogens is 2. The predicted octanol–water partition coefficient (Wildman–Crippen LogP) is 4.48. The van der Waals surface area contributed by atoms with E-state index in [2.05, 4.69) is 0 Å². The molecule has 82 valence electrons. The molecule has 0 spiro atoms. The third-order valence-electron chi connectivity index (χ3n) is 2.19. The molecule has 1 aromatic carbocycles. The number of hydrogen-bond donors (Lipinski definition) is 0. The number of benzene rings is 1. The van der Waals surface area contributed by atoms with Gasteiger partial charge in [0.25, 0.3) is 0 Å². The van der Waals surface area contributed by atoms with Crippen molar-refractivity contribution >= 4 is 40.3 Å². The summed E-state index contributed by atoms with van der Waals surface area (Å²) in [6.45, 7) is 0. The van der Waals surface area contributed by atoms with Crippen LogP contribution in [0.1, 0.15) is 15.9 Å². The summed E-state index contributed by atoms with van der Waals surface area (Å²) in [6.07, 6.45) is 0.404. The minimum atomic E-state index is 0.0527. The molecule has 1 heterocycles. The molecule has 0 bridgehead atoms. The second kappa shape index (κ2) is 5.00. The van der Waals surface area contributed by atoms with Gasteiger partial charge >= 0.3 is 0 Å². The summed E-state index contributed by atoms with van der Waals surface area (Å²) in [6, 6.07) is 6.90. The summed E-state index contributed by atoms with van der Waals surface area (Å²) >= 11 is 13.2. The van der Waals surface area contributed by atoms with E-state index in [4.69, 9.17) is 23.2 Å². The number of ketones is 1. The topological polar surface area (TPSA) is 17.1 Å². The quantitative estimate of drug-likeness (QED) is 0.752. The largest absolute Gasteiger partial charge is 0.294 e. The van der Waals surface area contributed by atoms with Gasteiger partial charge in [-0.05, 0) is 40.6 Å². The third kappa shape index (κ3) is 2.64. The van der Waals surface area contributed by atoms with Gasteiger partial charge in [-0.1, -0.05) is 23.2 Å². The third-order valence-corrected chi connectivity index (χ3v) is 3.66. The van der Waals surface area contributed by atoms with Crippen molar-refractivity contribution in [2.75, 3.05) is 0 Å². The van der Waals surface area contributed by atoms with E-state index < -0.39 is 0 Å². The number of rotatable bonds is 3. The van der Waals surface area contributed by atoms with Gasteiger partial charge in [-0.15, -0.1) is 0 Å². The molecule has 0 saturated carbocycles. The van der Waals surface area contributed by atoms with E-state index in [0.29, 0.717) is 22.0 Å². The second-order valence-corrected chi connectivity index (χ2v) is 4.95. The van der Waals surface area contributed by atoms with E-state index in [0.717, 1.165) is 5.56 Å². The molecule has 1 nitrogen and oxygen atoms in total. The fraction of sp³-hybridized carbons (Fsp3) is 0.0833. The molecule has 0 aliphatic carbocycles. The standard InChI is InChI=1S/C12H8Cl2OS/c13-10-2-1-9(6-11(10)14)12(15)5-8-3-4-16-7-8/h1-4,6-7H,5H2. The van der Waals surface area contributed by atoms with Crippen molar-refractivity contribution in [3.05, 3.63) is 56.2 Å². The Kier molecular flexibility index (Phi) is 3.64. The van der Waals surface area contributed by atoms with Gasteiger partial charge in [-0.2, -0.15) is 11.3 Å². The molecule has 0 N–H and O–H groups in total. The number of hydrogen-bond acceptors (Lipinski definition) is 2. The molecular weight excluding hydrogens is 263 g/mol. The van der Waals surface area contributed by atoms with Crippen LogP contribution in [0.4, 0.5) is 0 Å². The van der Waals surface area contributed by atoms with Gasteiger partial charge in [0, 0.05) is 12.0 Å². The fourth-order valence-electron chi connectivity index (χ4n) is 1.35. The van der Waals surface area contributed by atoms with E-state index in [9.17, 15) is 4.79 Å². The van der Waals surface area contributed by atoms with Crippen molar-refractivity contribution in [1.82, 2.24) is 0 Å². The Morgan fingerprint density at radius 3 is 2.62 bits per heavy atom. The van der Waals surface area contributed by atoms with Crippen LogP contribution in [-0.2, 0) is 6.42 Å². The van der Waals surface area contributed by atoms with Gasteiger partial charge < -0.3 is 0 Å². The molecule has 0 saturated heterocycles. The maximum atomic E-state index is 11.9. The maximum Gasteiger partial charge on any atom is 0.167 e. The Hall–Kier alpha value is -0.830. The molecule has 0 fully saturated rings. The summed E-state index contributed by atoms with van der Waals surface area (Å²) < 4.78 is 0. The summed E-state index contributed by atoms with van der Waals surface area (Å²) in [7, 11) is 0. The fourth-order valence-corrected chi connectivity index (χ4v) is 2.32. The lowest BCUT2D eigenvalue weighted by Gasteiger charge is -2.01. The van der Waals surface area contributed by atoms with Crippen molar-refractivity contribution in [2.24, 2.45) is 0 Å². The molecular formula is C12H8Cl2OS. The number of thiophene rings is 1. The molecule has 0 radical (unpaired) electrons. The summed E-state index contributed by atoms with van der Waals surface area (Å²) in [5.41, 5.74) is 1.63. The highest BCUT2D eigenvalue weighted by atomic mass is 35.5. The minimum Gasteiger partial charge on any atom is -0.294 e. The van der Waals surface area contributed by atoms with Crippen LogP contribution in [0.5, 0.6) is 0 Å². The van der Waals surface area contributed by atoms with Crippen LogP contribution < -0.4 is 0 Å². The average molecular weight is 271 g/mol. The van der Waals surface area contributed by atoms with Crippen molar-refractivity contribution < 1.29 is 4.79 Å². The second-order valence-electron chi connectivity index (χ2n) is 3.36. The van der Waals surface area contributed by atoms with Gasteiger partial charge in [0.1, 0.15) is 0 Å². The summed E-state index contributed by atoms with van der Waals surface area (Å²) in [5, 5.41) is 4.80. The van der Waals surface area contributed by atoms with Crippen molar-refractivity contribution in [2.45, 2.75) is 6.42 Å². The molecule has 4 heteroatoms. The van der Waals surface area contributed by atoms with Crippen molar-refractivity contribution in [3.63, 3.8) is 0 Å². The van der Waals surface area contributed by atoms with E-state index in [1.54, 1.807) is 29.5 Å². The molecule has 0 unspecified atom stereocenters. The lowest BCUT2D eigenvalue weighted by molar-refractivity contribution is 0.0993. The van der Waals surface area contributed by atoms with Gasteiger partial charge in [0.05, 0.1) is 10.0 Å². The van der Waals surface area contributed by atoms with Gasteiger partial charge in [0.15, 0.2) is 5.78 Å². The van der Waals surface area contributed by atoms with E-state index in [-0.39, 0.29) is 5.78 Å². The monoisotopic (exact) mass is 270 g/mol. The Balaban J connectivity index is 2.18. The van der Waals surface area contributed by atoms with Crippen LogP contribution in [0.2, 0.25) is 10.0 Å². The predicted molar refractivity (Wildman–Crippen MR) is 68.8 cm³/mol. The number of carbonyl (C=O) groups excluding carboxylic acids is 1.